The molecule has 20 heavy (non-hydrogen) atoms. The molecule has 1 heterocycles. The third kappa shape index (κ3) is 3.81. The Morgan fingerprint density at radius 1 is 1.15 bits per heavy atom. The Labute approximate surface area is 120 Å². The van der Waals surface area contributed by atoms with Crippen LogP contribution in [0.2, 0.25) is 0 Å². The van der Waals surface area contributed by atoms with Crippen molar-refractivity contribution in [1.29, 1.82) is 0 Å². The molecule has 0 aliphatic heterocycles. The second-order valence-corrected chi connectivity index (χ2v) is 5.33. The Morgan fingerprint density at radius 3 is 2.85 bits per heavy atom. The molecule has 3 rings (SSSR count). The summed E-state index contributed by atoms with van der Waals surface area (Å²) in [4.78, 5) is 4.10. The predicted octanol–water partition coefficient (Wildman–Crippen LogP) is 3.16. The third-order valence-corrected chi connectivity index (χ3v) is 3.54. The lowest BCUT2D eigenvalue weighted by molar-refractivity contribution is 0.301. The number of hydrogen-bond donors (Lipinski definition) is 1. The molecular weight excluding hydrogens is 248 g/mol. The van der Waals surface area contributed by atoms with Crippen molar-refractivity contribution in [2.75, 3.05) is 6.54 Å². The summed E-state index contributed by atoms with van der Waals surface area (Å²) in [5.41, 5.74) is 2.31. The van der Waals surface area contributed by atoms with E-state index in [2.05, 4.69) is 22.4 Å². The monoisotopic (exact) mass is 268 g/mol. The topological polar surface area (TPSA) is 34.1 Å². The van der Waals surface area contributed by atoms with E-state index in [-0.39, 0.29) is 0 Å². The quantitative estimate of drug-likeness (QED) is 0.837. The molecule has 0 atom stereocenters. The van der Waals surface area contributed by atoms with Gasteiger partial charge in [0.25, 0.3) is 0 Å². The highest BCUT2D eigenvalue weighted by molar-refractivity contribution is 5.33. The van der Waals surface area contributed by atoms with E-state index < -0.39 is 0 Å². The van der Waals surface area contributed by atoms with Crippen molar-refractivity contribution in [3.63, 3.8) is 0 Å². The van der Waals surface area contributed by atoms with E-state index in [1.807, 2.05) is 30.5 Å². The van der Waals surface area contributed by atoms with Crippen LogP contribution in [0.1, 0.15) is 24.0 Å². The number of benzene rings is 1. The lowest BCUT2D eigenvalue weighted by Crippen LogP contribution is -2.16. The SMILES string of the molecule is c1cncc(COc2ccccc2CNCC2CC2)c1. The van der Waals surface area contributed by atoms with Crippen LogP contribution in [-0.2, 0) is 13.2 Å². The minimum Gasteiger partial charge on any atom is -0.489 e. The molecular formula is C17H20N2O. The highest BCUT2D eigenvalue weighted by Crippen LogP contribution is 2.28. The molecule has 0 amide bonds. The molecule has 0 bridgehead atoms. The Morgan fingerprint density at radius 2 is 2.05 bits per heavy atom. The number of para-hydroxylation sites is 1. The molecule has 0 spiro atoms. The maximum Gasteiger partial charge on any atom is 0.124 e. The first-order valence-electron chi connectivity index (χ1n) is 7.22. The number of hydrogen-bond acceptors (Lipinski definition) is 3. The van der Waals surface area contributed by atoms with Crippen molar-refractivity contribution in [2.24, 2.45) is 5.92 Å². The van der Waals surface area contributed by atoms with E-state index in [1.54, 1.807) is 6.20 Å². The summed E-state index contributed by atoms with van der Waals surface area (Å²) in [5, 5.41) is 3.51. The first-order chi connectivity index (χ1) is 9.92. The van der Waals surface area contributed by atoms with E-state index in [4.69, 9.17) is 4.74 Å². The first kappa shape index (κ1) is 13.1. The Hall–Kier alpha value is -1.87. The summed E-state index contributed by atoms with van der Waals surface area (Å²) in [6.07, 6.45) is 6.38. The fourth-order valence-electron chi connectivity index (χ4n) is 2.17. The van der Waals surface area contributed by atoms with Crippen LogP contribution >= 0.6 is 0 Å². The van der Waals surface area contributed by atoms with Gasteiger partial charge in [-0.15, -0.1) is 0 Å². The molecule has 3 heteroatoms. The van der Waals surface area contributed by atoms with Gasteiger partial charge in [0.1, 0.15) is 12.4 Å². The number of ether oxygens (including phenoxy) is 1. The van der Waals surface area contributed by atoms with Gasteiger partial charge in [0.2, 0.25) is 0 Å². The summed E-state index contributed by atoms with van der Waals surface area (Å²) in [6, 6.07) is 12.2. The van der Waals surface area contributed by atoms with Crippen LogP contribution in [0, 0.1) is 5.92 Å². The molecule has 1 fully saturated rings. The lowest BCUT2D eigenvalue weighted by atomic mass is 10.2. The highest BCUT2D eigenvalue weighted by Gasteiger charge is 2.20. The van der Waals surface area contributed by atoms with Crippen LogP contribution in [0.4, 0.5) is 0 Å². The van der Waals surface area contributed by atoms with Crippen molar-refractivity contribution < 1.29 is 4.74 Å². The number of nitrogens with zero attached hydrogens (tertiary/aromatic N) is 1. The van der Waals surface area contributed by atoms with Crippen molar-refractivity contribution in [3.8, 4) is 5.75 Å². The van der Waals surface area contributed by atoms with Crippen LogP contribution in [0.15, 0.2) is 48.8 Å². The fourth-order valence-corrected chi connectivity index (χ4v) is 2.17. The largest absolute Gasteiger partial charge is 0.489 e. The molecule has 1 aromatic carbocycles. The van der Waals surface area contributed by atoms with Crippen molar-refractivity contribution >= 4 is 0 Å². The summed E-state index contributed by atoms with van der Waals surface area (Å²) >= 11 is 0. The van der Waals surface area contributed by atoms with Crippen molar-refractivity contribution in [3.05, 3.63) is 59.9 Å². The van der Waals surface area contributed by atoms with Gasteiger partial charge in [-0.1, -0.05) is 24.3 Å². The minimum absolute atomic E-state index is 0.563. The zero-order valence-corrected chi connectivity index (χ0v) is 11.6. The summed E-state index contributed by atoms with van der Waals surface area (Å²) < 4.78 is 5.92. The van der Waals surface area contributed by atoms with Gasteiger partial charge in [-0.2, -0.15) is 0 Å². The lowest BCUT2D eigenvalue weighted by Gasteiger charge is -2.12. The molecule has 0 saturated heterocycles. The third-order valence-electron chi connectivity index (χ3n) is 3.54. The van der Waals surface area contributed by atoms with Crippen LogP contribution in [0.25, 0.3) is 0 Å². The summed E-state index contributed by atoms with van der Waals surface area (Å²) in [7, 11) is 0. The second-order valence-electron chi connectivity index (χ2n) is 5.33. The van der Waals surface area contributed by atoms with Gasteiger partial charge in [0.15, 0.2) is 0 Å². The average molecular weight is 268 g/mol. The van der Waals surface area contributed by atoms with Gasteiger partial charge >= 0.3 is 0 Å². The van der Waals surface area contributed by atoms with Gasteiger partial charge in [0.05, 0.1) is 0 Å². The van der Waals surface area contributed by atoms with E-state index in [1.165, 1.54) is 18.4 Å². The normalized spacial score (nSPS) is 14.2. The molecule has 1 N–H and O–H groups in total. The number of aromatic nitrogens is 1. The molecule has 3 nitrogen and oxygen atoms in total. The standard InChI is InChI=1S/C17H20N2O/c1-2-6-17(20-13-15-4-3-9-18-11-15)16(5-1)12-19-10-14-7-8-14/h1-6,9,11,14,19H,7-8,10,12-13H2. The predicted molar refractivity (Wildman–Crippen MR) is 79.4 cm³/mol. The molecule has 104 valence electrons. The van der Waals surface area contributed by atoms with Gasteiger partial charge < -0.3 is 10.1 Å². The Balaban J connectivity index is 1.57. The molecule has 2 aromatic rings. The van der Waals surface area contributed by atoms with Crippen LogP contribution in [0.3, 0.4) is 0 Å². The van der Waals surface area contributed by atoms with Crippen LogP contribution in [-0.4, -0.2) is 11.5 Å². The van der Waals surface area contributed by atoms with Gasteiger partial charge in [-0.25, -0.2) is 0 Å². The molecule has 0 unspecified atom stereocenters. The highest BCUT2D eigenvalue weighted by atomic mass is 16.5. The average Bonchev–Trinajstić information content (AvgIpc) is 3.32. The molecule has 0 radical (unpaired) electrons. The first-order valence-corrected chi connectivity index (χ1v) is 7.22. The zero-order chi connectivity index (χ0) is 13.6. The van der Waals surface area contributed by atoms with E-state index in [0.29, 0.717) is 6.61 Å². The number of pyridine rings is 1. The second kappa shape index (κ2) is 6.53. The zero-order valence-electron chi connectivity index (χ0n) is 11.6. The fraction of sp³-hybridized carbons (Fsp3) is 0.353. The van der Waals surface area contributed by atoms with E-state index in [0.717, 1.165) is 30.3 Å². The van der Waals surface area contributed by atoms with Gasteiger partial charge in [-0.3, -0.25) is 4.98 Å². The van der Waals surface area contributed by atoms with Crippen LogP contribution in [0.5, 0.6) is 5.75 Å². The summed E-state index contributed by atoms with van der Waals surface area (Å²) in [5.74, 6) is 1.86. The summed E-state index contributed by atoms with van der Waals surface area (Å²) in [6.45, 7) is 2.56. The maximum atomic E-state index is 5.92. The Kier molecular flexibility index (Phi) is 4.28. The van der Waals surface area contributed by atoms with Gasteiger partial charge in [-0.05, 0) is 37.4 Å². The van der Waals surface area contributed by atoms with Gasteiger partial charge in [0, 0.05) is 30.1 Å². The molecule has 1 aliphatic rings. The Bertz CT molecular complexity index is 538. The number of rotatable bonds is 7. The maximum absolute atomic E-state index is 5.92. The molecule has 1 saturated carbocycles. The van der Waals surface area contributed by atoms with Crippen LogP contribution < -0.4 is 10.1 Å². The molecule has 1 aliphatic carbocycles. The van der Waals surface area contributed by atoms with Crippen molar-refractivity contribution in [1.82, 2.24) is 10.3 Å². The number of nitrogens with one attached hydrogen (secondary N) is 1. The minimum atomic E-state index is 0.563. The van der Waals surface area contributed by atoms with E-state index >= 15 is 0 Å². The van der Waals surface area contributed by atoms with E-state index in [9.17, 15) is 0 Å². The molecule has 1 aromatic heterocycles. The smallest absolute Gasteiger partial charge is 0.124 e. The van der Waals surface area contributed by atoms with Crippen molar-refractivity contribution in [2.45, 2.75) is 26.0 Å².